The molecular formula is C18H22N2O4S2. The van der Waals surface area contributed by atoms with E-state index < -0.39 is 17.6 Å². The molecule has 2 aliphatic rings. The lowest BCUT2D eigenvalue weighted by Crippen LogP contribution is -2.70. The molecule has 26 heavy (non-hydrogen) atoms. The molecule has 2 atom stereocenters. The van der Waals surface area contributed by atoms with E-state index in [-0.39, 0.29) is 23.6 Å². The van der Waals surface area contributed by atoms with Crippen molar-refractivity contribution in [3.05, 3.63) is 33.7 Å². The minimum absolute atomic E-state index is 0.184. The largest absolute Gasteiger partial charge is 0.455 e. The summed E-state index contributed by atoms with van der Waals surface area (Å²) in [6.45, 7) is 7.21. The number of amides is 2. The van der Waals surface area contributed by atoms with Crippen LogP contribution >= 0.6 is 23.1 Å². The fourth-order valence-corrected chi connectivity index (χ4v) is 4.88. The Hall–Kier alpha value is -1.80. The molecule has 0 saturated carbocycles. The number of carbonyl (C=O) groups excluding carboxylic acids is 3. The lowest BCUT2D eigenvalue weighted by atomic mass is 10.0. The molecular weight excluding hydrogens is 372 g/mol. The molecule has 3 heterocycles. The molecule has 2 amide bonds. The van der Waals surface area contributed by atoms with E-state index in [2.05, 4.69) is 5.32 Å². The van der Waals surface area contributed by atoms with E-state index in [1.807, 2.05) is 24.4 Å². The highest BCUT2D eigenvalue weighted by Crippen LogP contribution is 2.40. The van der Waals surface area contributed by atoms with Crippen LogP contribution in [0.4, 0.5) is 0 Å². The van der Waals surface area contributed by atoms with Crippen LogP contribution in [0.1, 0.15) is 32.6 Å². The van der Waals surface area contributed by atoms with Gasteiger partial charge >= 0.3 is 5.97 Å². The Balaban J connectivity index is 1.68. The zero-order valence-corrected chi connectivity index (χ0v) is 16.8. The second-order valence-electron chi connectivity index (χ2n) is 7.34. The third kappa shape index (κ3) is 3.81. The molecule has 1 N–H and O–H groups in total. The van der Waals surface area contributed by atoms with Gasteiger partial charge in [0, 0.05) is 10.6 Å². The maximum atomic E-state index is 12.6. The van der Waals surface area contributed by atoms with Crippen molar-refractivity contribution in [2.45, 2.75) is 51.1 Å². The van der Waals surface area contributed by atoms with Gasteiger partial charge in [0.1, 0.15) is 22.7 Å². The lowest BCUT2D eigenvalue weighted by Gasteiger charge is -2.49. The lowest BCUT2D eigenvalue weighted by molar-refractivity contribution is -0.159. The summed E-state index contributed by atoms with van der Waals surface area (Å²) >= 11 is 3.06. The average molecular weight is 395 g/mol. The number of esters is 1. The van der Waals surface area contributed by atoms with Crippen molar-refractivity contribution < 1.29 is 19.1 Å². The molecule has 1 unspecified atom stereocenters. The average Bonchev–Trinajstić information content (AvgIpc) is 3.03. The zero-order chi connectivity index (χ0) is 19.1. The van der Waals surface area contributed by atoms with Gasteiger partial charge in [0.15, 0.2) is 0 Å². The number of rotatable bonds is 4. The van der Waals surface area contributed by atoms with Gasteiger partial charge in [-0.1, -0.05) is 6.07 Å². The summed E-state index contributed by atoms with van der Waals surface area (Å²) in [6.07, 6.45) is 0.257. The van der Waals surface area contributed by atoms with E-state index in [0.29, 0.717) is 11.4 Å². The van der Waals surface area contributed by atoms with Gasteiger partial charge in [-0.25, -0.2) is 4.79 Å². The molecule has 0 bridgehead atoms. The summed E-state index contributed by atoms with van der Waals surface area (Å²) < 4.78 is 5.45. The van der Waals surface area contributed by atoms with Gasteiger partial charge < -0.3 is 10.1 Å². The first-order valence-electron chi connectivity index (χ1n) is 8.37. The Morgan fingerprint density at radius 2 is 2.12 bits per heavy atom. The fourth-order valence-electron chi connectivity index (χ4n) is 2.88. The molecule has 1 aromatic heterocycles. The monoisotopic (exact) mass is 394 g/mol. The highest BCUT2D eigenvalue weighted by atomic mass is 32.2. The van der Waals surface area contributed by atoms with Crippen LogP contribution in [-0.4, -0.2) is 45.5 Å². The van der Waals surface area contributed by atoms with Crippen LogP contribution in [0.2, 0.25) is 0 Å². The van der Waals surface area contributed by atoms with Crippen LogP contribution in [0.25, 0.3) is 0 Å². The molecule has 8 heteroatoms. The van der Waals surface area contributed by atoms with Crippen molar-refractivity contribution in [3.8, 4) is 0 Å². The quantitative estimate of drug-likeness (QED) is 0.626. The molecule has 3 rings (SSSR count). The molecule has 0 aliphatic carbocycles. The Bertz CT molecular complexity index is 765. The maximum Gasteiger partial charge on any atom is 0.355 e. The highest BCUT2D eigenvalue weighted by Gasteiger charge is 2.54. The summed E-state index contributed by atoms with van der Waals surface area (Å²) in [5.74, 6) is -0.310. The van der Waals surface area contributed by atoms with E-state index in [1.54, 1.807) is 32.5 Å². The molecule has 1 saturated heterocycles. The van der Waals surface area contributed by atoms with Gasteiger partial charge in [-0.05, 0) is 44.7 Å². The van der Waals surface area contributed by atoms with Crippen LogP contribution in [0, 0.1) is 0 Å². The Morgan fingerprint density at radius 3 is 2.73 bits per heavy atom. The first kappa shape index (κ1) is 19.0. The number of carbonyl (C=O) groups is 3. The van der Waals surface area contributed by atoms with E-state index in [9.17, 15) is 14.4 Å². The number of nitrogens with zero attached hydrogens (tertiary/aromatic N) is 1. The molecule has 1 fully saturated rings. The van der Waals surface area contributed by atoms with Crippen LogP contribution in [0.15, 0.2) is 28.8 Å². The number of thioether (sulfide) groups is 1. The number of ether oxygens (including phenoxy) is 1. The molecule has 2 aliphatic heterocycles. The Morgan fingerprint density at radius 1 is 1.38 bits per heavy atom. The van der Waals surface area contributed by atoms with E-state index >= 15 is 0 Å². The predicted molar refractivity (Wildman–Crippen MR) is 102 cm³/mol. The fraction of sp³-hybridized carbons (Fsp3) is 0.500. The molecule has 1 aromatic rings. The van der Waals surface area contributed by atoms with E-state index in [4.69, 9.17) is 4.74 Å². The number of hydrogen-bond donors (Lipinski definition) is 1. The van der Waals surface area contributed by atoms with Gasteiger partial charge in [-0.15, -0.1) is 23.1 Å². The third-order valence-corrected chi connectivity index (χ3v) is 6.28. The van der Waals surface area contributed by atoms with Crippen molar-refractivity contribution in [1.29, 1.82) is 0 Å². The second kappa shape index (κ2) is 7.08. The van der Waals surface area contributed by atoms with Gasteiger partial charge in [-0.3, -0.25) is 14.5 Å². The number of fused-ring (bicyclic) bond motifs is 1. The van der Waals surface area contributed by atoms with E-state index in [1.165, 1.54) is 16.2 Å². The first-order chi connectivity index (χ1) is 12.2. The topological polar surface area (TPSA) is 75.7 Å². The number of nitrogens with one attached hydrogen (secondary N) is 1. The van der Waals surface area contributed by atoms with Gasteiger partial charge in [0.25, 0.3) is 5.91 Å². The van der Waals surface area contributed by atoms with Gasteiger partial charge in [-0.2, -0.15) is 0 Å². The molecule has 0 spiro atoms. The normalized spacial score (nSPS) is 22.6. The SMILES string of the molecule is CC1=C(C(=O)OC(C)(C)C)N2C(=O)C(NC(=O)Cc3cccs3)[C@@H]2SC1. The maximum absolute atomic E-state index is 12.6. The van der Waals surface area contributed by atoms with Crippen molar-refractivity contribution in [1.82, 2.24) is 10.2 Å². The summed E-state index contributed by atoms with van der Waals surface area (Å²) in [7, 11) is 0. The predicted octanol–water partition coefficient (Wildman–Crippen LogP) is 2.31. The van der Waals surface area contributed by atoms with Crippen LogP contribution in [0.5, 0.6) is 0 Å². The second-order valence-corrected chi connectivity index (χ2v) is 9.48. The summed E-state index contributed by atoms with van der Waals surface area (Å²) in [6, 6.07) is 3.18. The van der Waals surface area contributed by atoms with Crippen molar-refractivity contribution in [2.24, 2.45) is 0 Å². The van der Waals surface area contributed by atoms with Gasteiger partial charge in [0.2, 0.25) is 5.91 Å². The van der Waals surface area contributed by atoms with Crippen molar-refractivity contribution in [2.75, 3.05) is 5.75 Å². The van der Waals surface area contributed by atoms with Crippen molar-refractivity contribution >= 4 is 40.9 Å². The number of β-lactam (4-membered cyclic amide) rings is 1. The minimum Gasteiger partial charge on any atom is -0.455 e. The first-order valence-corrected chi connectivity index (χ1v) is 10.3. The summed E-state index contributed by atoms with van der Waals surface area (Å²) in [5, 5.41) is 4.46. The highest BCUT2D eigenvalue weighted by molar-refractivity contribution is 8.00. The molecule has 0 radical (unpaired) electrons. The number of thiophene rings is 1. The number of hydrogen-bond acceptors (Lipinski definition) is 6. The Labute approximate surface area is 161 Å². The van der Waals surface area contributed by atoms with Crippen LogP contribution in [0.3, 0.4) is 0 Å². The van der Waals surface area contributed by atoms with E-state index in [0.717, 1.165) is 10.5 Å². The van der Waals surface area contributed by atoms with Crippen LogP contribution in [-0.2, 0) is 25.5 Å². The standard InChI is InChI=1S/C18H22N2O4S2/c1-10-9-26-16-13(19-12(21)8-11-6-5-7-25-11)15(22)20(16)14(10)17(23)24-18(2,3)4/h5-7,13,16H,8-9H2,1-4H3,(H,19,21)/t13?,16-/m0/s1. The molecule has 6 nitrogen and oxygen atoms in total. The van der Waals surface area contributed by atoms with Crippen LogP contribution < -0.4 is 5.32 Å². The summed E-state index contributed by atoms with van der Waals surface area (Å²) in [5.41, 5.74) is 0.502. The smallest absolute Gasteiger partial charge is 0.355 e. The van der Waals surface area contributed by atoms with Gasteiger partial charge in [0.05, 0.1) is 6.42 Å². The molecule has 140 valence electrons. The Kier molecular flexibility index (Phi) is 5.16. The zero-order valence-electron chi connectivity index (χ0n) is 15.2. The summed E-state index contributed by atoms with van der Waals surface area (Å²) in [4.78, 5) is 39.8. The molecule has 0 aromatic carbocycles. The van der Waals surface area contributed by atoms with Crippen molar-refractivity contribution in [3.63, 3.8) is 0 Å². The minimum atomic E-state index is -0.632. The third-order valence-electron chi connectivity index (χ3n) is 3.98.